The van der Waals surface area contributed by atoms with Crippen LogP contribution >= 0.6 is 11.3 Å². The van der Waals surface area contributed by atoms with Gasteiger partial charge in [-0.3, -0.25) is 0 Å². The highest BCUT2D eigenvalue weighted by molar-refractivity contribution is 7.12. The van der Waals surface area contributed by atoms with E-state index in [1.807, 2.05) is 23.5 Å². The standard InChI is InChI=1S/C16H23NO2S/c1-4-10-17-16(15-9-7-13(5-2)20-15)14-8-6-12(19-14)11-18-3/h6-9,16-17H,4-5,10-11H2,1-3H3. The summed E-state index contributed by atoms with van der Waals surface area (Å²) in [5.74, 6) is 1.84. The third kappa shape index (κ3) is 3.72. The summed E-state index contributed by atoms with van der Waals surface area (Å²) in [6.45, 7) is 5.86. The number of nitrogens with one attached hydrogen (secondary N) is 1. The van der Waals surface area contributed by atoms with Crippen molar-refractivity contribution < 1.29 is 9.15 Å². The van der Waals surface area contributed by atoms with E-state index in [2.05, 4.69) is 31.3 Å². The minimum Gasteiger partial charge on any atom is -0.462 e. The van der Waals surface area contributed by atoms with E-state index in [0.29, 0.717) is 6.61 Å². The first-order valence-corrected chi connectivity index (χ1v) is 7.99. The maximum Gasteiger partial charge on any atom is 0.129 e. The number of thiophene rings is 1. The Balaban J connectivity index is 2.21. The normalized spacial score (nSPS) is 12.8. The maximum absolute atomic E-state index is 5.90. The average molecular weight is 293 g/mol. The molecule has 0 radical (unpaired) electrons. The van der Waals surface area contributed by atoms with Gasteiger partial charge in [-0.15, -0.1) is 11.3 Å². The molecule has 3 nitrogen and oxygen atoms in total. The second kappa shape index (κ2) is 7.62. The summed E-state index contributed by atoms with van der Waals surface area (Å²) in [5, 5.41) is 3.57. The Morgan fingerprint density at radius 2 is 2.10 bits per heavy atom. The monoisotopic (exact) mass is 293 g/mol. The van der Waals surface area contributed by atoms with Gasteiger partial charge >= 0.3 is 0 Å². The molecule has 0 saturated heterocycles. The van der Waals surface area contributed by atoms with Crippen molar-refractivity contribution in [1.29, 1.82) is 0 Å². The van der Waals surface area contributed by atoms with Gasteiger partial charge in [0.05, 0.1) is 0 Å². The molecule has 0 fully saturated rings. The highest BCUT2D eigenvalue weighted by Gasteiger charge is 2.19. The fourth-order valence-electron chi connectivity index (χ4n) is 2.14. The maximum atomic E-state index is 5.90. The minimum absolute atomic E-state index is 0.144. The molecule has 2 heterocycles. The Hall–Kier alpha value is -1.10. The molecule has 0 amide bonds. The zero-order valence-electron chi connectivity index (χ0n) is 12.4. The van der Waals surface area contributed by atoms with E-state index in [1.54, 1.807) is 7.11 Å². The van der Waals surface area contributed by atoms with Gasteiger partial charge < -0.3 is 14.5 Å². The van der Waals surface area contributed by atoms with Crippen LogP contribution in [0.2, 0.25) is 0 Å². The molecule has 0 aliphatic rings. The molecule has 0 spiro atoms. The van der Waals surface area contributed by atoms with Crippen LogP contribution in [0.3, 0.4) is 0 Å². The summed E-state index contributed by atoms with van der Waals surface area (Å²) < 4.78 is 11.0. The molecule has 1 N–H and O–H groups in total. The largest absolute Gasteiger partial charge is 0.462 e. The third-order valence-corrected chi connectivity index (χ3v) is 4.46. The molecule has 0 aliphatic carbocycles. The molecular weight excluding hydrogens is 270 g/mol. The zero-order valence-corrected chi connectivity index (χ0v) is 13.3. The Bertz CT molecular complexity index is 518. The van der Waals surface area contributed by atoms with E-state index >= 15 is 0 Å². The predicted octanol–water partition coefficient (Wildman–Crippen LogP) is 4.14. The molecule has 0 aromatic carbocycles. The van der Waals surface area contributed by atoms with Crippen molar-refractivity contribution in [2.45, 2.75) is 39.3 Å². The number of methoxy groups -OCH3 is 1. The fourth-order valence-corrected chi connectivity index (χ4v) is 3.18. The topological polar surface area (TPSA) is 34.4 Å². The van der Waals surface area contributed by atoms with Crippen LogP contribution in [0.4, 0.5) is 0 Å². The van der Waals surface area contributed by atoms with Crippen molar-refractivity contribution in [3.63, 3.8) is 0 Å². The Kier molecular flexibility index (Phi) is 5.83. The van der Waals surface area contributed by atoms with Crippen molar-refractivity contribution in [3.8, 4) is 0 Å². The molecule has 110 valence electrons. The summed E-state index contributed by atoms with van der Waals surface area (Å²) in [5.41, 5.74) is 0. The average Bonchev–Trinajstić information content (AvgIpc) is 3.09. The van der Waals surface area contributed by atoms with Crippen LogP contribution in [-0.4, -0.2) is 13.7 Å². The van der Waals surface area contributed by atoms with Crippen LogP contribution in [0.15, 0.2) is 28.7 Å². The molecule has 2 aromatic rings. The highest BCUT2D eigenvalue weighted by atomic mass is 32.1. The Morgan fingerprint density at radius 1 is 1.25 bits per heavy atom. The zero-order chi connectivity index (χ0) is 14.4. The van der Waals surface area contributed by atoms with E-state index in [-0.39, 0.29) is 6.04 Å². The van der Waals surface area contributed by atoms with Gasteiger partial charge in [0.2, 0.25) is 0 Å². The molecule has 1 atom stereocenters. The van der Waals surface area contributed by atoms with Crippen molar-refractivity contribution >= 4 is 11.3 Å². The van der Waals surface area contributed by atoms with Gasteiger partial charge in [-0.25, -0.2) is 0 Å². The molecule has 0 bridgehead atoms. The lowest BCUT2D eigenvalue weighted by Crippen LogP contribution is -2.21. The third-order valence-electron chi connectivity index (χ3n) is 3.17. The quantitative estimate of drug-likeness (QED) is 0.794. The van der Waals surface area contributed by atoms with Crippen LogP contribution in [0.5, 0.6) is 0 Å². The lowest BCUT2D eigenvalue weighted by molar-refractivity contribution is 0.162. The minimum atomic E-state index is 0.144. The summed E-state index contributed by atoms with van der Waals surface area (Å²) in [4.78, 5) is 2.72. The van der Waals surface area contributed by atoms with Crippen LogP contribution < -0.4 is 5.32 Å². The predicted molar refractivity (Wildman–Crippen MR) is 83.3 cm³/mol. The van der Waals surface area contributed by atoms with E-state index < -0.39 is 0 Å². The highest BCUT2D eigenvalue weighted by Crippen LogP contribution is 2.30. The van der Waals surface area contributed by atoms with Crippen molar-refractivity contribution in [1.82, 2.24) is 5.32 Å². The number of ether oxygens (including phenoxy) is 1. The molecule has 2 aromatic heterocycles. The van der Waals surface area contributed by atoms with Crippen molar-refractivity contribution in [2.75, 3.05) is 13.7 Å². The van der Waals surface area contributed by atoms with Gasteiger partial charge in [0.1, 0.15) is 24.2 Å². The van der Waals surface area contributed by atoms with Gasteiger partial charge in [-0.05, 0) is 43.7 Å². The summed E-state index contributed by atoms with van der Waals surface area (Å²) in [7, 11) is 1.68. The molecule has 2 rings (SSSR count). The number of rotatable bonds is 8. The van der Waals surface area contributed by atoms with Crippen LogP contribution in [0, 0.1) is 0 Å². The SMILES string of the molecule is CCCNC(c1ccc(COC)o1)c1ccc(CC)s1. The number of aryl methyl sites for hydroxylation is 1. The molecule has 0 saturated carbocycles. The van der Waals surface area contributed by atoms with Gasteiger partial charge in [0.25, 0.3) is 0 Å². The fraction of sp³-hybridized carbons (Fsp3) is 0.500. The summed E-state index contributed by atoms with van der Waals surface area (Å²) in [6, 6.07) is 8.60. The summed E-state index contributed by atoms with van der Waals surface area (Å²) >= 11 is 1.86. The number of furan rings is 1. The van der Waals surface area contributed by atoms with E-state index in [0.717, 1.165) is 30.9 Å². The van der Waals surface area contributed by atoms with E-state index in [9.17, 15) is 0 Å². The van der Waals surface area contributed by atoms with Gasteiger partial charge in [-0.2, -0.15) is 0 Å². The lowest BCUT2D eigenvalue weighted by atomic mass is 10.2. The van der Waals surface area contributed by atoms with Crippen LogP contribution in [0.25, 0.3) is 0 Å². The Labute approximate surface area is 125 Å². The van der Waals surface area contributed by atoms with E-state index in [4.69, 9.17) is 9.15 Å². The second-order valence-corrected chi connectivity index (χ2v) is 5.98. The van der Waals surface area contributed by atoms with Gasteiger partial charge in [0.15, 0.2) is 0 Å². The molecule has 4 heteroatoms. The summed E-state index contributed by atoms with van der Waals surface area (Å²) in [6.07, 6.45) is 2.19. The Morgan fingerprint density at radius 3 is 2.75 bits per heavy atom. The lowest BCUT2D eigenvalue weighted by Gasteiger charge is -2.14. The van der Waals surface area contributed by atoms with E-state index in [1.165, 1.54) is 9.75 Å². The molecular formula is C16H23NO2S. The van der Waals surface area contributed by atoms with Gasteiger partial charge in [0, 0.05) is 16.9 Å². The van der Waals surface area contributed by atoms with Crippen LogP contribution in [-0.2, 0) is 17.8 Å². The first-order valence-electron chi connectivity index (χ1n) is 7.18. The van der Waals surface area contributed by atoms with Crippen LogP contribution in [0.1, 0.15) is 47.6 Å². The molecule has 0 aliphatic heterocycles. The van der Waals surface area contributed by atoms with Crippen molar-refractivity contribution in [3.05, 3.63) is 45.5 Å². The number of hydrogen-bond donors (Lipinski definition) is 1. The second-order valence-electron chi connectivity index (χ2n) is 4.78. The molecule has 20 heavy (non-hydrogen) atoms. The first-order chi connectivity index (χ1) is 9.78. The van der Waals surface area contributed by atoms with Crippen molar-refractivity contribution in [2.24, 2.45) is 0 Å². The first kappa shape index (κ1) is 15.3. The number of hydrogen-bond acceptors (Lipinski definition) is 4. The van der Waals surface area contributed by atoms with Gasteiger partial charge in [-0.1, -0.05) is 13.8 Å². The smallest absolute Gasteiger partial charge is 0.129 e. The molecule has 1 unspecified atom stereocenters.